The fourth-order valence-corrected chi connectivity index (χ4v) is 2.36. The van der Waals surface area contributed by atoms with Crippen LogP contribution in [0.5, 0.6) is 0 Å². The van der Waals surface area contributed by atoms with Crippen LogP contribution in [0.1, 0.15) is 19.9 Å². The number of hydrogen-bond donors (Lipinski definition) is 0. The van der Waals surface area contributed by atoms with Crippen molar-refractivity contribution in [1.29, 1.82) is 0 Å². The Labute approximate surface area is 91.4 Å². The first-order chi connectivity index (χ1) is 6.70. The van der Waals surface area contributed by atoms with Gasteiger partial charge in [0.05, 0.1) is 9.90 Å². The summed E-state index contributed by atoms with van der Waals surface area (Å²) in [5.41, 5.74) is 0. The summed E-state index contributed by atoms with van der Waals surface area (Å²) >= 11 is 7.62. The Bertz CT molecular complexity index is 433. The molecule has 0 atom stereocenters. The van der Waals surface area contributed by atoms with E-state index < -0.39 is 0 Å². The Morgan fingerprint density at radius 1 is 1.50 bits per heavy atom. The van der Waals surface area contributed by atoms with Crippen LogP contribution >= 0.6 is 22.9 Å². The van der Waals surface area contributed by atoms with Crippen molar-refractivity contribution < 1.29 is 0 Å². The van der Waals surface area contributed by atoms with Gasteiger partial charge in [0.2, 0.25) is 0 Å². The largest absolute Gasteiger partial charge is 0.310 e. The Balaban J connectivity index is 2.52. The SMILES string of the molecule is CC(C)n1cnnc1-c1sccc1Cl. The zero-order valence-electron chi connectivity index (χ0n) is 7.94. The normalized spacial score (nSPS) is 11.1. The van der Waals surface area contributed by atoms with Crippen LogP contribution in [0, 0.1) is 0 Å². The van der Waals surface area contributed by atoms with E-state index in [1.807, 2.05) is 16.0 Å². The summed E-state index contributed by atoms with van der Waals surface area (Å²) in [5, 5.41) is 10.7. The molecule has 74 valence electrons. The predicted molar refractivity (Wildman–Crippen MR) is 58.7 cm³/mol. The van der Waals surface area contributed by atoms with E-state index in [0.29, 0.717) is 6.04 Å². The minimum absolute atomic E-state index is 0.346. The topological polar surface area (TPSA) is 30.7 Å². The molecule has 2 aromatic rings. The van der Waals surface area contributed by atoms with E-state index in [9.17, 15) is 0 Å². The minimum Gasteiger partial charge on any atom is -0.310 e. The molecule has 0 amide bonds. The highest BCUT2D eigenvalue weighted by molar-refractivity contribution is 7.14. The van der Waals surface area contributed by atoms with Gasteiger partial charge in [0.1, 0.15) is 6.33 Å². The van der Waals surface area contributed by atoms with E-state index in [0.717, 1.165) is 15.7 Å². The van der Waals surface area contributed by atoms with Gasteiger partial charge in [-0.25, -0.2) is 0 Å². The Morgan fingerprint density at radius 3 is 2.86 bits per heavy atom. The summed E-state index contributed by atoms with van der Waals surface area (Å²) in [6.45, 7) is 4.18. The van der Waals surface area contributed by atoms with Gasteiger partial charge in [-0.3, -0.25) is 0 Å². The molecule has 0 saturated heterocycles. The van der Waals surface area contributed by atoms with Crippen molar-refractivity contribution in [1.82, 2.24) is 14.8 Å². The minimum atomic E-state index is 0.346. The molecule has 14 heavy (non-hydrogen) atoms. The van der Waals surface area contributed by atoms with Gasteiger partial charge >= 0.3 is 0 Å². The van der Waals surface area contributed by atoms with Gasteiger partial charge in [-0.1, -0.05) is 11.6 Å². The third-order valence-electron chi connectivity index (χ3n) is 1.95. The van der Waals surface area contributed by atoms with Crippen LogP contribution in [0.25, 0.3) is 10.7 Å². The van der Waals surface area contributed by atoms with E-state index in [1.54, 1.807) is 17.7 Å². The summed E-state index contributed by atoms with van der Waals surface area (Å²) < 4.78 is 2.01. The van der Waals surface area contributed by atoms with E-state index in [4.69, 9.17) is 11.6 Å². The quantitative estimate of drug-likeness (QED) is 0.789. The van der Waals surface area contributed by atoms with Crippen molar-refractivity contribution in [3.63, 3.8) is 0 Å². The van der Waals surface area contributed by atoms with Gasteiger partial charge in [0.25, 0.3) is 0 Å². The second-order valence-corrected chi connectivity index (χ2v) is 4.58. The summed E-state index contributed by atoms with van der Waals surface area (Å²) in [6.07, 6.45) is 1.73. The van der Waals surface area contributed by atoms with Crippen molar-refractivity contribution in [3.05, 3.63) is 22.8 Å². The smallest absolute Gasteiger partial charge is 0.175 e. The van der Waals surface area contributed by atoms with Gasteiger partial charge in [-0.05, 0) is 25.3 Å². The first kappa shape index (κ1) is 9.68. The molecule has 2 rings (SSSR count). The molecule has 0 aliphatic heterocycles. The maximum atomic E-state index is 6.04. The molecule has 0 radical (unpaired) electrons. The number of thiophene rings is 1. The second-order valence-electron chi connectivity index (χ2n) is 3.25. The highest BCUT2D eigenvalue weighted by Crippen LogP contribution is 2.32. The molecular formula is C9H10ClN3S. The van der Waals surface area contributed by atoms with Crippen molar-refractivity contribution >= 4 is 22.9 Å². The zero-order chi connectivity index (χ0) is 10.1. The molecule has 0 fully saturated rings. The second kappa shape index (κ2) is 3.71. The molecule has 0 bridgehead atoms. The molecule has 0 unspecified atom stereocenters. The van der Waals surface area contributed by atoms with Crippen molar-refractivity contribution in [2.45, 2.75) is 19.9 Å². The van der Waals surface area contributed by atoms with E-state index >= 15 is 0 Å². The first-order valence-electron chi connectivity index (χ1n) is 4.33. The average Bonchev–Trinajstić information content (AvgIpc) is 2.70. The van der Waals surface area contributed by atoms with Gasteiger partial charge in [-0.2, -0.15) is 0 Å². The summed E-state index contributed by atoms with van der Waals surface area (Å²) in [5.74, 6) is 0.847. The first-order valence-corrected chi connectivity index (χ1v) is 5.58. The molecule has 0 aliphatic carbocycles. The third kappa shape index (κ3) is 1.55. The number of rotatable bonds is 2. The van der Waals surface area contributed by atoms with Crippen LogP contribution in [0.3, 0.4) is 0 Å². The van der Waals surface area contributed by atoms with Gasteiger partial charge < -0.3 is 4.57 Å². The lowest BCUT2D eigenvalue weighted by atomic mass is 10.3. The van der Waals surface area contributed by atoms with Gasteiger partial charge in [0, 0.05) is 6.04 Å². The molecule has 2 aromatic heterocycles. The lowest BCUT2D eigenvalue weighted by molar-refractivity contribution is 0.604. The zero-order valence-corrected chi connectivity index (χ0v) is 9.51. The number of nitrogens with zero attached hydrogens (tertiary/aromatic N) is 3. The van der Waals surface area contributed by atoms with Crippen LogP contribution in [0.15, 0.2) is 17.8 Å². The van der Waals surface area contributed by atoms with Crippen LogP contribution in [-0.2, 0) is 0 Å². The van der Waals surface area contributed by atoms with Crippen molar-refractivity contribution in [2.75, 3.05) is 0 Å². The summed E-state index contributed by atoms with van der Waals surface area (Å²) in [4.78, 5) is 0.984. The predicted octanol–water partition coefficient (Wildman–Crippen LogP) is 3.24. The Hall–Kier alpha value is -0.870. The molecule has 3 nitrogen and oxygen atoms in total. The van der Waals surface area contributed by atoms with Crippen molar-refractivity contribution in [3.8, 4) is 10.7 Å². The molecule has 0 N–H and O–H groups in total. The Kier molecular flexibility index (Phi) is 2.56. The highest BCUT2D eigenvalue weighted by Gasteiger charge is 2.13. The molecule has 0 saturated carbocycles. The molecule has 5 heteroatoms. The summed E-state index contributed by atoms with van der Waals surface area (Å²) in [7, 11) is 0. The maximum Gasteiger partial charge on any atom is 0.175 e. The molecule has 0 aliphatic rings. The molecule has 0 spiro atoms. The van der Waals surface area contributed by atoms with Crippen LogP contribution < -0.4 is 0 Å². The maximum absolute atomic E-state index is 6.04. The third-order valence-corrected chi connectivity index (χ3v) is 3.29. The fourth-order valence-electron chi connectivity index (χ4n) is 1.24. The van der Waals surface area contributed by atoms with Crippen LogP contribution in [-0.4, -0.2) is 14.8 Å². The van der Waals surface area contributed by atoms with E-state index in [-0.39, 0.29) is 0 Å². The van der Waals surface area contributed by atoms with E-state index in [2.05, 4.69) is 24.0 Å². The monoisotopic (exact) mass is 227 g/mol. The number of aromatic nitrogens is 3. The van der Waals surface area contributed by atoms with Gasteiger partial charge in [0.15, 0.2) is 5.82 Å². The highest BCUT2D eigenvalue weighted by atomic mass is 35.5. The number of hydrogen-bond acceptors (Lipinski definition) is 3. The lowest BCUT2D eigenvalue weighted by Crippen LogP contribution is -2.00. The molecule has 0 aromatic carbocycles. The molecule has 2 heterocycles. The van der Waals surface area contributed by atoms with Crippen LogP contribution in [0.2, 0.25) is 5.02 Å². The standard InChI is InChI=1S/C9H10ClN3S/c1-6(2)13-5-11-12-9(13)8-7(10)3-4-14-8/h3-6H,1-2H3. The van der Waals surface area contributed by atoms with E-state index in [1.165, 1.54) is 0 Å². The van der Waals surface area contributed by atoms with Crippen LogP contribution in [0.4, 0.5) is 0 Å². The summed E-state index contributed by atoms with van der Waals surface area (Å²) in [6, 6.07) is 2.22. The fraction of sp³-hybridized carbons (Fsp3) is 0.333. The number of halogens is 1. The molecular weight excluding hydrogens is 218 g/mol. The Morgan fingerprint density at radius 2 is 2.29 bits per heavy atom. The van der Waals surface area contributed by atoms with Crippen molar-refractivity contribution in [2.24, 2.45) is 0 Å². The lowest BCUT2D eigenvalue weighted by Gasteiger charge is -2.08. The van der Waals surface area contributed by atoms with Gasteiger partial charge in [-0.15, -0.1) is 21.5 Å². The average molecular weight is 228 g/mol.